The van der Waals surface area contributed by atoms with Gasteiger partial charge in [-0.1, -0.05) is 18.2 Å². The van der Waals surface area contributed by atoms with E-state index in [1.807, 2.05) is 24.3 Å². The fourth-order valence-electron chi connectivity index (χ4n) is 1.58. The first-order chi connectivity index (χ1) is 8.25. The van der Waals surface area contributed by atoms with E-state index in [4.69, 9.17) is 4.42 Å². The lowest BCUT2D eigenvalue weighted by molar-refractivity contribution is 0.463. The normalized spacial score (nSPS) is 10.7. The first-order valence-electron chi connectivity index (χ1n) is 5.44. The van der Waals surface area contributed by atoms with Gasteiger partial charge in [-0.15, -0.1) is 0 Å². The van der Waals surface area contributed by atoms with Gasteiger partial charge in [-0.2, -0.15) is 0 Å². The Labute approximate surface area is 113 Å². The van der Waals surface area contributed by atoms with Gasteiger partial charge in [0.25, 0.3) is 0 Å². The molecule has 0 aliphatic rings. The molecule has 0 fully saturated rings. The van der Waals surface area contributed by atoms with Gasteiger partial charge in [-0.05, 0) is 59.3 Å². The third-order valence-corrected chi connectivity index (χ3v) is 3.04. The number of benzene rings is 1. The molecular weight excluding hydrogens is 332 g/mol. The van der Waals surface area contributed by atoms with Crippen LogP contribution in [0.5, 0.6) is 0 Å². The van der Waals surface area contributed by atoms with Crippen molar-refractivity contribution in [2.75, 3.05) is 6.54 Å². The van der Waals surface area contributed by atoms with Crippen LogP contribution in [0.4, 0.5) is 4.39 Å². The fraction of sp³-hybridized carbons (Fsp3) is 0.231. The molecule has 1 heterocycles. The lowest BCUT2D eigenvalue weighted by Crippen LogP contribution is -2.16. The van der Waals surface area contributed by atoms with E-state index in [9.17, 15) is 4.39 Å². The fourth-order valence-corrected chi connectivity index (χ4v) is 2.05. The van der Waals surface area contributed by atoms with Gasteiger partial charge in [0.15, 0.2) is 3.77 Å². The topological polar surface area (TPSA) is 25.2 Å². The molecule has 0 atom stereocenters. The van der Waals surface area contributed by atoms with E-state index in [0.29, 0.717) is 13.0 Å². The van der Waals surface area contributed by atoms with Crippen molar-refractivity contribution >= 4 is 22.6 Å². The molecule has 0 saturated carbocycles. The van der Waals surface area contributed by atoms with E-state index in [1.165, 1.54) is 6.07 Å². The maximum absolute atomic E-state index is 13.3. The molecule has 1 aromatic carbocycles. The molecule has 0 amide bonds. The van der Waals surface area contributed by atoms with Crippen LogP contribution in [-0.4, -0.2) is 6.54 Å². The summed E-state index contributed by atoms with van der Waals surface area (Å²) in [6.07, 6.45) is 0.685. The molecule has 2 nitrogen and oxygen atoms in total. The molecular formula is C13H13FINO. The minimum absolute atomic E-state index is 0.137. The standard InChI is InChI=1S/C13H13FINO/c14-12-4-2-1-3-10(12)7-8-16-9-11-5-6-13(15)17-11/h1-6,16H,7-9H2. The Morgan fingerprint density at radius 2 is 2.00 bits per heavy atom. The summed E-state index contributed by atoms with van der Waals surface area (Å²) in [6, 6.07) is 10.7. The second kappa shape index (κ2) is 6.16. The Bertz CT molecular complexity index is 484. The summed E-state index contributed by atoms with van der Waals surface area (Å²) < 4.78 is 19.6. The van der Waals surface area contributed by atoms with Crippen LogP contribution < -0.4 is 5.32 Å². The van der Waals surface area contributed by atoms with Crippen LogP contribution in [0.2, 0.25) is 0 Å². The van der Waals surface area contributed by atoms with E-state index in [2.05, 4.69) is 27.9 Å². The highest BCUT2D eigenvalue weighted by molar-refractivity contribution is 14.1. The van der Waals surface area contributed by atoms with E-state index in [1.54, 1.807) is 6.07 Å². The van der Waals surface area contributed by atoms with Crippen LogP contribution in [0, 0.1) is 9.58 Å². The second-order valence-corrected chi connectivity index (χ2v) is 4.79. The molecule has 1 aromatic heterocycles. The minimum Gasteiger partial charge on any atom is -0.454 e. The number of nitrogens with one attached hydrogen (secondary N) is 1. The van der Waals surface area contributed by atoms with Crippen LogP contribution in [0.15, 0.2) is 40.8 Å². The molecule has 0 spiro atoms. The predicted molar refractivity (Wildman–Crippen MR) is 73.2 cm³/mol. The van der Waals surface area contributed by atoms with Crippen molar-refractivity contribution in [1.82, 2.24) is 5.32 Å². The van der Waals surface area contributed by atoms with Crippen molar-refractivity contribution in [3.05, 3.63) is 57.3 Å². The lowest BCUT2D eigenvalue weighted by Gasteiger charge is -2.04. The van der Waals surface area contributed by atoms with Gasteiger partial charge in [-0.25, -0.2) is 4.39 Å². The molecule has 90 valence electrons. The third-order valence-electron chi connectivity index (χ3n) is 2.46. The van der Waals surface area contributed by atoms with Gasteiger partial charge >= 0.3 is 0 Å². The van der Waals surface area contributed by atoms with Crippen molar-refractivity contribution in [2.24, 2.45) is 0 Å². The minimum atomic E-state index is -0.137. The predicted octanol–water partition coefficient (Wildman–Crippen LogP) is 3.36. The summed E-state index contributed by atoms with van der Waals surface area (Å²) in [5, 5.41) is 3.23. The highest BCUT2D eigenvalue weighted by Crippen LogP contribution is 2.10. The maximum Gasteiger partial charge on any atom is 0.164 e. The largest absolute Gasteiger partial charge is 0.454 e. The Morgan fingerprint density at radius 3 is 2.71 bits per heavy atom. The van der Waals surface area contributed by atoms with Crippen molar-refractivity contribution in [2.45, 2.75) is 13.0 Å². The van der Waals surface area contributed by atoms with Gasteiger partial charge in [0.1, 0.15) is 11.6 Å². The average Bonchev–Trinajstić information content (AvgIpc) is 2.73. The molecule has 0 radical (unpaired) electrons. The second-order valence-electron chi connectivity index (χ2n) is 3.72. The number of hydrogen-bond donors (Lipinski definition) is 1. The van der Waals surface area contributed by atoms with Crippen LogP contribution in [0.25, 0.3) is 0 Å². The average molecular weight is 345 g/mol. The van der Waals surface area contributed by atoms with Crippen LogP contribution in [0.3, 0.4) is 0 Å². The van der Waals surface area contributed by atoms with Crippen LogP contribution in [-0.2, 0) is 13.0 Å². The highest BCUT2D eigenvalue weighted by Gasteiger charge is 2.01. The molecule has 0 bridgehead atoms. The van der Waals surface area contributed by atoms with Crippen LogP contribution >= 0.6 is 22.6 Å². The molecule has 0 aliphatic carbocycles. The summed E-state index contributed by atoms with van der Waals surface area (Å²) in [5.74, 6) is 0.768. The summed E-state index contributed by atoms with van der Waals surface area (Å²) in [6.45, 7) is 1.41. The lowest BCUT2D eigenvalue weighted by atomic mass is 10.1. The smallest absolute Gasteiger partial charge is 0.164 e. The zero-order chi connectivity index (χ0) is 12.1. The molecule has 1 N–H and O–H groups in total. The Balaban J connectivity index is 1.75. The first kappa shape index (κ1) is 12.6. The van der Waals surface area contributed by atoms with Gasteiger partial charge in [0.05, 0.1) is 6.54 Å². The molecule has 0 aliphatic heterocycles. The molecule has 4 heteroatoms. The summed E-state index contributed by atoms with van der Waals surface area (Å²) in [4.78, 5) is 0. The quantitative estimate of drug-likeness (QED) is 0.664. The van der Waals surface area contributed by atoms with E-state index >= 15 is 0 Å². The zero-order valence-electron chi connectivity index (χ0n) is 9.25. The maximum atomic E-state index is 13.3. The van der Waals surface area contributed by atoms with Crippen molar-refractivity contribution in [3.63, 3.8) is 0 Å². The Hall–Kier alpha value is -0.880. The zero-order valence-corrected chi connectivity index (χ0v) is 11.4. The van der Waals surface area contributed by atoms with E-state index < -0.39 is 0 Å². The van der Waals surface area contributed by atoms with Crippen molar-refractivity contribution in [1.29, 1.82) is 0 Å². The first-order valence-corrected chi connectivity index (χ1v) is 6.52. The highest BCUT2D eigenvalue weighted by atomic mass is 127. The van der Waals surface area contributed by atoms with Gasteiger partial charge in [0, 0.05) is 0 Å². The Kier molecular flexibility index (Phi) is 4.56. The van der Waals surface area contributed by atoms with Gasteiger partial charge in [-0.3, -0.25) is 0 Å². The summed E-state index contributed by atoms with van der Waals surface area (Å²) in [7, 11) is 0. The van der Waals surface area contributed by atoms with E-state index in [0.717, 1.165) is 21.6 Å². The number of furan rings is 1. The SMILES string of the molecule is Fc1ccccc1CCNCc1ccc(I)o1. The van der Waals surface area contributed by atoms with Crippen molar-refractivity contribution < 1.29 is 8.81 Å². The molecule has 2 aromatic rings. The monoisotopic (exact) mass is 345 g/mol. The van der Waals surface area contributed by atoms with Crippen molar-refractivity contribution in [3.8, 4) is 0 Å². The molecule has 17 heavy (non-hydrogen) atoms. The van der Waals surface area contributed by atoms with Gasteiger partial charge in [0.2, 0.25) is 0 Å². The number of hydrogen-bond acceptors (Lipinski definition) is 2. The van der Waals surface area contributed by atoms with E-state index in [-0.39, 0.29) is 5.82 Å². The molecule has 0 saturated heterocycles. The molecule has 2 rings (SSSR count). The van der Waals surface area contributed by atoms with Gasteiger partial charge < -0.3 is 9.73 Å². The summed E-state index contributed by atoms with van der Waals surface area (Å²) >= 11 is 2.13. The third kappa shape index (κ3) is 3.81. The number of halogens is 2. The molecule has 0 unspecified atom stereocenters. The Morgan fingerprint density at radius 1 is 1.18 bits per heavy atom. The van der Waals surface area contributed by atoms with Crippen LogP contribution in [0.1, 0.15) is 11.3 Å². The number of rotatable bonds is 5. The summed E-state index contributed by atoms with van der Waals surface area (Å²) in [5.41, 5.74) is 0.744.